The van der Waals surface area contributed by atoms with E-state index in [9.17, 15) is 9.18 Å². The summed E-state index contributed by atoms with van der Waals surface area (Å²) >= 11 is 0. The van der Waals surface area contributed by atoms with Crippen LogP contribution >= 0.6 is 0 Å². The molecule has 0 saturated carbocycles. The van der Waals surface area contributed by atoms with Crippen LogP contribution in [0.4, 0.5) is 4.39 Å². The smallest absolute Gasteiger partial charge is 0.234 e. The van der Waals surface area contributed by atoms with Gasteiger partial charge in [0.1, 0.15) is 11.6 Å². The summed E-state index contributed by atoms with van der Waals surface area (Å²) in [5.41, 5.74) is 2.11. The second-order valence-corrected chi connectivity index (χ2v) is 6.74. The van der Waals surface area contributed by atoms with Crippen LogP contribution in [0.2, 0.25) is 0 Å². The first-order valence-electron chi connectivity index (χ1n) is 8.99. The molecule has 4 nitrogen and oxygen atoms in total. The van der Waals surface area contributed by atoms with Gasteiger partial charge in [-0.15, -0.1) is 0 Å². The molecular formula is C21H25FN2O2. The third kappa shape index (κ3) is 4.41. The van der Waals surface area contributed by atoms with Gasteiger partial charge in [0.15, 0.2) is 0 Å². The molecule has 138 valence electrons. The zero-order valence-corrected chi connectivity index (χ0v) is 15.2. The number of amides is 1. The quantitative estimate of drug-likeness (QED) is 0.855. The Kier molecular flexibility index (Phi) is 5.89. The van der Waals surface area contributed by atoms with Gasteiger partial charge in [0, 0.05) is 6.04 Å². The number of likely N-dealkylation sites (tertiary alicyclic amines) is 1. The van der Waals surface area contributed by atoms with Gasteiger partial charge in [-0.1, -0.05) is 24.3 Å². The minimum absolute atomic E-state index is 0.0118. The standard InChI is InChI=1S/C21H25FN2O2/c1-15(16-5-9-18(22)10-6-16)23-21(25)14-24-13-3-4-20(24)17-7-11-19(26-2)12-8-17/h5-12,15,20H,3-4,13-14H2,1-2H3,(H,23,25)/t15-,20+/m0/s1. The maximum absolute atomic E-state index is 13.0. The zero-order chi connectivity index (χ0) is 18.5. The molecule has 0 aromatic heterocycles. The lowest BCUT2D eigenvalue weighted by molar-refractivity contribution is -0.123. The number of nitrogens with zero attached hydrogens (tertiary/aromatic N) is 1. The second-order valence-electron chi connectivity index (χ2n) is 6.74. The second kappa shape index (κ2) is 8.32. The van der Waals surface area contributed by atoms with E-state index in [4.69, 9.17) is 4.74 Å². The molecule has 0 aliphatic carbocycles. The number of benzene rings is 2. The van der Waals surface area contributed by atoms with Crippen LogP contribution in [-0.2, 0) is 4.79 Å². The Labute approximate surface area is 154 Å². The van der Waals surface area contributed by atoms with Gasteiger partial charge in [0.25, 0.3) is 0 Å². The summed E-state index contributed by atoms with van der Waals surface area (Å²) in [6.45, 7) is 3.19. The molecule has 0 radical (unpaired) electrons. The highest BCUT2D eigenvalue weighted by atomic mass is 19.1. The predicted octanol–water partition coefficient (Wildman–Crippen LogP) is 3.85. The van der Waals surface area contributed by atoms with E-state index in [0.717, 1.165) is 30.7 Å². The van der Waals surface area contributed by atoms with Crippen molar-refractivity contribution in [2.75, 3.05) is 20.2 Å². The van der Waals surface area contributed by atoms with E-state index in [-0.39, 0.29) is 23.8 Å². The number of methoxy groups -OCH3 is 1. The number of hydrogen-bond acceptors (Lipinski definition) is 3. The van der Waals surface area contributed by atoms with Gasteiger partial charge < -0.3 is 10.1 Å². The van der Waals surface area contributed by atoms with Crippen molar-refractivity contribution in [1.82, 2.24) is 10.2 Å². The molecular weight excluding hydrogens is 331 g/mol. The fourth-order valence-electron chi connectivity index (χ4n) is 3.53. The van der Waals surface area contributed by atoms with Gasteiger partial charge in [-0.3, -0.25) is 9.69 Å². The third-order valence-corrected chi connectivity index (χ3v) is 4.96. The lowest BCUT2D eigenvalue weighted by atomic mass is 10.0. The average molecular weight is 356 g/mol. The average Bonchev–Trinajstić information content (AvgIpc) is 3.10. The molecule has 26 heavy (non-hydrogen) atoms. The fraction of sp³-hybridized carbons (Fsp3) is 0.381. The molecule has 1 saturated heterocycles. The molecule has 5 heteroatoms. The number of ether oxygens (including phenoxy) is 1. The first kappa shape index (κ1) is 18.4. The number of carbonyl (C=O) groups excluding carboxylic acids is 1. The molecule has 2 atom stereocenters. The maximum atomic E-state index is 13.0. The first-order valence-corrected chi connectivity index (χ1v) is 8.99. The summed E-state index contributed by atoms with van der Waals surface area (Å²) < 4.78 is 18.2. The molecule has 0 unspecified atom stereocenters. The molecule has 0 bridgehead atoms. The molecule has 0 spiro atoms. The van der Waals surface area contributed by atoms with E-state index < -0.39 is 0 Å². The maximum Gasteiger partial charge on any atom is 0.234 e. The molecule has 1 heterocycles. The summed E-state index contributed by atoms with van der Waals surface area (Å²) in [5, 5.41) is 3.01. The van der Waals surface area contributed by atoms with Crippen molar-refractivity contribution in [2.45, 2.75) is 31.8 Å². The summed E-state index contributed by atoms with van der Waals surface area (Å²) in [6, 6.07) is 14.4. The van der Waals surface area contributed by atoms with Gasteiger partial charge >= 0.3 is 0 Å². The van der Waals surface area contributed by atoms with Crippen LogP contribution in [-0.4, -0.2) is 31.0 Å². The highest BCUT2D eigenvalue weighted by Crippen LogP contribution is 2.32. The Balaban J connectivity index is 1.59. The van der Waals surface area contributed by atoms with E-state index >= 15 is 0 Å². The lowest BCUT2D eigenvalue weighted by Crippen LogP contribution is -2.38. The van der Waals surface area contributed by atoms with Crippen LogP contribution in [0.5, 0.6) is 5.75 Å². The molecule has 1 aliphatic rings. The van der Waals surface area contributed by atoms with E-state index in [2.05, 4.69) is 22.3 Å². The summed E-state index contributed by atoms with van der Waals surface area (Å²) in [6.07, 6.45) is 2.13. The predicted molar refractivity (Wildman–Crippen MR) is 99.5 cm³/mol. The molecule has 1 aliphatic heterocycles. The summed E-state index contributed by atoms with van der Waals surface area (Å²) in [4.78, 5) is 14.7. The summed E-state index contributed by atoms with van der Waals surface area (Å²) in [5.74, 6) is 0.554. The number of hydrogen-bond donors (Lipinski definition) is 1. The van der Waals surface area contributed by atoms with Crippen LogP contribution in [0.3, 0.4) is 0 Å². The number of rotatable bonds is 6. The number of halogens is 1. The molecule has 2 aromatic carbocycles. The lowest BCUT2D eigenvalue weighted by Gasteiger charge is -2.25. The molecule has 1 fully saturated rings. The topological polar surface area (TPSA) is 41.6 Å². The Morgan fingerprint density at radius 2 is 1.92 bits per heavy atom. The highest BCUT2D eigenvalue weighted by Gasteiger charge is 2.27. The van der Waals surface area contributed by atoms with Gasteiger partial charge in [-0.2, -0.15) is 0 Å². The van der Waals surface area contributed by atoms with Crippen molar-refractivity contribution in [3.8, 4) is 5.75 Å². The van der Waals surface area contributed by atoms with Crippen LogP contribution in [0.1, 0.15) is 43.0 Å². The Hall–Kier alpha value is -2.40. The monoisotopic (exact) mass is 356 g/mol. The van der Waals surface area contributed by atoms with Crippen molar-refractivity contribution in [3.63, 3.8) is 0 Å². The van der Waals surface area contributed by atoms with Crippen molar-refractivity contribution in [1.29, 1.82) is 0 Å². The molecule has 1 amide bonds. The largest absolute Gasteiger partial charge is 0.497 e. The summed E-state index contributed by atoms with van der Waals surface area (Å²) in [7, 11) is 1.66. The van der Waals surface area contributed by atoms with E-state index in [1.54, 1.807) is 19.2 Å². The van der Waals surface area contributed by atoms with Crippen molar-refractivity contribution in [2.24, 2.45) is 0 Å². The first-order chi connectivity index (χ1) is 12.6. The highest BCUT2D eigenvalue weighted by molar-refractivity contribution is 5.78. The van der Waals surface area contributed by atoms with Crippen LogP contribution in [0.15, 0.2) is 48.5 Å². The fourth-order valence-corrected chi connectivity index (χ4v) is 3.53. The van der Waals surface area contributed by atoms with E-state index in [0.29, 0.717) is 6.54 Å². The number of carbonyl (C=O) groups is 1. The third-order valence-electron chi connectivity index (χ3n) is 4.96. The van der Waals surface area contributed by atoms with Crippen LogP contribution in [0.25, 0.3) is 0 Å². The van der Waals surface area contributed by atoms with Gasteiger partial charge in [-0.05, 0) is 61.7 Å². The van der Waals surface area contributed by atoms with Crippen LogP contribution < -0.4 is 10.1 Å². The normalized spacial score (nSPS) is 18.5. The minimum Gasteiger partial charge on any atom is -0.497 e. The van der Waals surface area contributed by atoms with E-state index in [1.165, 1.54) is 17.7 Å². The molecule has 3 rings (SSSR count). The van der Waals surface area contributed by atoms with Crippen molar-refractivity contribution >= 4 is 5.91 Å². The van der Waals surface area contributed by atoms with Crippen molar-refractivity contribution in [3.05, 3.63) is 65.5 Å². The van der Waals surface area contributed by atoms with E-state index in [1.807, 2.05) is 19.1 Å². The Morgan fingerprint density at radius 3 is 2.58 bits per heavy atom. The van der Waals surface area contributed by atoms with Crippen LogP contribution in [0, 0.1) is 5.82 Å². The minimum atomic E-state index is -0.272. The van der Waals surface area contributed by atoms with Gasteiger partial charge in [0.05, 0.1) is 19.7 Å². The molecule has 2 aromatic rings. The zero-order valence-electron chi connectivity index (χ0n) is 15.2. The number of nitrogens with one attached hydrogen (secondary N) is 1. The Bertz CT molecular complexity index is 731. The SMILES string of the molecule is COc1ccc([C@H]2CCCN2CC(=O)N[C@@H](C)c2ccc(F)cc2)cc1. The van der Waals surface area contributed by atoms with Gasteiger partial charge in [-0.25, -0.2) is 4.39 Å². The Morgan fingerprint density at radius 1 is 1.23 bits per heavy atom. The van der Waals surface area contributed by atoms with Gasteiger partial charge in [0.2, 0.25) is 5.91 Å². The van der Waals surface area contributed by atoms with Crippen molar-refractivity contribution < 1.29 is 13.9 Å². The molecule has 1 N–H and O–H groups in total.